The summed E-state index contributed by atoms with van der Waals surface area (Å²) < 4.78 is 1.41. The molecule has 6 heteroatoms. The molecule has 2 atom stereocenters. The van der Waals surface area contributed by atoms with E-state index >= 15 is 0 Å². The summed E-state index contributed by atoms with van der Waals surface area (Å²) in [7, 11) is 0. The number of hydrogen-bond donors (Lipinski definition) is 1. The molecule has 0 spiro atoms. The largest absolute Gasteiger partial charge is 0.334 e. The Morgan fingerprint density at radius 3 is 2.33 bits per heavy atom. The van der Waals surface area contributed by atoms with Gasteiger partial charge in [0.1, 0.15) is 0 Å². The van der Waals surface area contributed by atoms with Crippen LogP contribution >= 0.6 is 0 Å². The standard InChI is InChI=1S/C18H24N4O2/c1-11(2)22-17(23)15-8-6-5-7-14(15)16(20-22)18(24)21-9-12(3)19-13(4)10-21/h5-8,11-13,19H,9-10H2,1-4H3. The molecule has 24 heavy (non-hydrogen) atoms. The van der Waals surface area contributed by atoms with Crippen molar-refractivity contribution in [1.29, 1.82) is 0 Å². The number of amides is 1. The maximum atomic E-state index is 13.1. The second-order valence-electron chi connectivity index (χ2n) is 6.92. The second kappa shape index (κ2) is 6.36. The van der Waals surface area contributed by atoms with Crippen LogP contribution in [0.15, 0.2) is 29.1 Å². The van der Waals surface area contributed by atoms with Crippen molar-refractivity contribution in [1.82, 2.24) is 20.0 Å². The number of fused-ring (bicyclic) bond motifs is 1. The monoisotopic (exact) mass is 328 g/mol. The fourth-order valence-corrected chi connectivity index (χ4v) is 3.36. The van der Waals surface area contributed by atoms with Gasteiger partial charge in [-0.3, -0.25) is 9.59 Å². The molecule has 0 radical (unpaired) electrons. The number of benzene rings is 1. The predicted molar refractivity (Wildman–Crippen MR) is 94.4 cm³/mol. The molecule has 0 aliphatic carbocycles. The smallest absolute Gasteiger partial charge is 0.275 e. The van der Waals surface area contributed by atoms with Crippen molar-refractivity contribution in [3.05, 3.63) is 40.3 Å². The highest BCUT2D eigenvalue weighted by atomic mass is 16.2. The number of hydrogen-bond acceptors (Lipinski definition) is 4. The summed E-state index contributed by atoms with van der Waals surface area (Å²) in [5, 5.41) is 9.01. The summed E-state index contributed by atoms with van der Waals surface area (Å²) in [6.07, 6.45) is 0. The molecule has 1 aliphatic rings. The van der Waals surface area contributed by atoms with Crippen molar-refractivity contribution in [3.63, 3.8) is 0 Å². The molecule has 2 heterocycles. The van der Waals surface area contributed by atoms with Gasteiger partial charge >= 0.3 is 0 Å². The van der Waals surface area contributed by atoms with Gasteiger partial charge in [0.05, 0.1) is 11.4 Å². The maximum Gasteiger partial charge on any atom is 0.275 e. The molecule has 1 amide bonds. The average Bonchev–Trinajstić information content (AvgIpc) is 2.53. The van der Waals surface area contributed by atoms with E-state index < -0.39 is 0 Å². The lowest BCUT2D eigenvalue weighted by atomic mass is 10.1. The highest BCUT2D eigenvalue weighted by Gasteiger charge is 2.28. The molecule has 0 saturated carbocycles. The SMILES string of the molecule is CC1CN(C(=O)c2nn(C(C)C)c(=O)c3ccccc23)CC(C)N1. The number of piperazine rings is 1. The average molecular weight is 328 g/mol. The predicted octanol–water partition coefficient (Wildman–Crippen LogP) is 1.80. The van der Waals surface area contributed by atoms with Crippen LogP contribution in [0.3, 0.4) is 0 Å². The minimum absolute atomic E-state index is 0.102. The Kier molecular flexibility index (Phi) is 4.41. The first-order valence-corrected chi connectivity index (χ1v) is 8.45. The van der Waals surface area contributed by atoms with Gasteiger partial charge in [-0.05, 0) is 33.8 Å². The lowest BCUT2D eigenvalue weighted by Crippen LogP contribution is -2.56. The molecule has 128 valence electrons. The van der Waals surface area contributed by atoms with E-state index in [2.05, 4.69) is 24.3 Å². The van der Waals surface area contributed by atoms with Gasteiger partial charge in [-0.15, -0.1) is 0 Å². The Labute approximate surface area is 141 Å². The third kappa shape index (κ3) is 2.94. The van der Waals surface area contributed by atoms with Gasteiger partial charge in [0.15, 0.2) is 5.69 Å². The number of aromatic nitrogens is 2. The summed E-state index contributed by atoms with van der Waals surface area (Å²) >= 11 is 0. The van der Waals surface area contributed by atoms with E-state index in [0.717, 1.165) is 0 Å². The van der Waals surface area contributed by atoms with E-state index in [1.54, 1.807) is 12.1 Å². The van der Waals surface area contributed by atoms with Crippen LogP contribution in [-0.4, -0.2) is 45.8 Å². The zero-order chi connectivity index (χ0) is 17.4. The summed E-state index contributed by atoms with van der Waals surface area (Å²) in [6, 6.07) is 7.59. The lowest BCUT2D eigenvalue weighted by Gasteiger charge is -2.36. The normalized spacial score (nSPS) is 21.5. The first-order valence-electron chi connectivity index (χ1n) is 8.45. The summed E-state index contributed by atoms with van der Waals surface area (Å²) in [5.74, 6) is -0.110. The van der Waals surface area contributed by atoms with Gasteiger partial charge < -0.3 is 10.2 Å². The third-order valence-corrected chi connectivity index (χ3v) is 4.36. The second-order valence-corrected chi connectivity index (χ2v) is 6.92. The Hall–Kier alpha value is -2.21. The van der Waals surface area contributed by atoms with Crippen LogP contribution in [0.25, 0.3) is 10.8 Å². The van der Waals surface area contributed by atoms with Crippen molar-refractivity contribution < 1.29 is 4.79 Å². The highest BCUT2D eigenvalue weighted by Crippen LogP contribution is 2.18. The van der Waals surface area contributed by atoms with Crippen LogP contribution in [0.2, 0.25) is 0 Å². The number of carbonyl (C=O) groups is 1. The molecule has 2 aromatic rings. The fourth-order valence-electron chi connectivity index (χ4n) is 3.36. The van der Waals surface area contributed by atoms with E-state index in [1.807, 2.05) is 30.9 Å². The van der Waals surface area contributed by atoms with Gasteiger partial charge in [0.2, 0.25) is 0 Å². The first-order chi connectivity index (χ1) is 11.4. The van der Waals surface area contributed by atoms with Crippen LogP contribution in [0.4, 0.5) is 0 Å². The Morgan fingerprint density at radius 1 is 1.17 bits per heavy atom. The molecule has 1 aromatic carbocycles. The minimum atomic E-state index is -0.154. The molecule has 2 unspecified atom stereocenters. The van der Waals surface area contributed by atoms with Crippen LogP contribution in [-0.2, 0) is 0 Å². The zero-order valence-electron chi connectivity index (χ0n) is 14.6. The quantitative estimate of drug-likeness (QED) is 0.913. The van der Waals surface area contributed by atoms with Crippen molar-refractivity contribution in [3.8, 4) is 0 Å². The number of rotatable bonds is 2. The van der Waals surface area contributed by atoms with Gasteiger partial charge in [-0.2, -0.15) is 5.10 Å². The summed E-state index contributed by atoms with van der Waals surface area (Å²) in [6.45, 7) is 9.20. The van der Waals surface area contributed by atoms with Gasteiger partial charge in [-0.1, -0.05) is 18.2 Å². The van der Waals surface area contributed by atoms with Crippen molar-refractivity contribution >= 4 is 16.7 Å². The van der Waals surface area contributed by atoms with Crippen molar-refractivity contribution in [2.75, 3.05) is 13.1 Å². The first kappa shape index (κ1) is 16.6. The molecule has 1 aromatic heterocycles. The minimum Gasteiger partial charge on any atom is -0.334 e. The molecule has 1 fully saturated rings. The Bertz CT molecular complexity index is 817. The zero-order valence-corrected chi connectivity index (χ0v) is 14.6. The number of carbonyl (C=O) groups excluding carboxylic acids is 1. The molecule has 1 aliphatic heterocycles. The van der Waals surface area contributed by atoms with E-state index in [1.165, 1.54) is 4.68 Å². The van der Waals surface area contributed by atoms with E-state index in [4.69, 9.17) is 0 Å². The van der Waals surface area contributed by atoms with Crippen molar-refractivity contribution in [2.24, 2.45) is 0 Å². The number of nitrogens with zero attached hydrogens (tertiary/aromatic N) is 3. The molecular weight excluding hydrogens is 304 g/mol. The highest BCUT2D eigenvalue weighted by molar-refractivity contribution is 6.04. The Balaban J connectivity index is 2.13. The Morgan fingerprint density at radius 2 is 1.75 bits per heavy atom. The van der Waals surface area contributed by atoms with Gasteiger partial charge in [0, 0.05) is 30.6 Å². The molecular formula is C18H24N4O2. The van der Waals surface area contributed by atoms with Crippen LogP contribution in [0, 0.1) is 0 Å². The van der Waals surface area contributed by atoms with E-state index in [0.29, 0.717) is 29.6 Å². The van der Waals surface area contributed by atoms with Crippen LogP contribution < -0.4 is 10.9 Å². The molecule has 6 nitrogen and oxygen atoms in total. The van der Waals surface area contributed by atoms with Crippen molar-refractivity contribution in [2.45, 2.75) is 45.8 Å². The van der Waals surface area contributed by atoms with E-state index in [-0.39, 0.29) is 29.6 Å². The van der Waals surface area contributed by atoms with Gasteiger partial charge in [-0.25, -0.2) is 4.68 Å². The topological polar surface area (TPSA) is 67.2 Å². The molecule has 1 N–H and O–H groups in total. The van der Waals surface area contributed by atoms with E-state index in [9.17, 15) is 9.59 Å². The molecule has 1 saturated heterocycles. The number of nitrogens with one attached hydrogen (secondary N) is 1. The summed E-state index contributed by atoms with van der Waals surface area (Å²) in [5.41, 5.74) is 0.208. The summed E-state index contributed by atoms with van der Waals surface area (Å²) in [4.78, 5) is 27.5. The molecule has 0 bridgehead atoms. The third-order valence-electron chi connectivity index (χ3n) is 4.36. The lowest BCUT2D eigenvalue weighted by molar-refractivity contribution is 0.0667. The van der Waals surface area contributed by atoms with Crippen LogP contribution in [0.5, 0.6) is 0 Å². The van der Waals surface area contributed by atoms with Gasteiger partial charge in [0.25, 0.3) is 11.5 Å². The maximum absolute atomic E-state index is 13.1. The fraction of sp³-hybridized carbons (Fsp3) is 0.500. The molecule has 3 rings (SSSR count). The van der Waals surface area contributed by atoms with Crippen LogP contribution in [0.1, 0.15) is 44.2 Å².